The largest absolute Gasteiger partial charge is 0.494 e. The summed E-state index contributed by atoms with van der Waals surface area (Å²) in [6, 6.07) is 1.37. The van der Waals surface area contributed by atoms with Gasteiger partial charge in [-0.2, -0.15) is 26.3 Å². The van der Waals surface area contributed by atoms with Crippen molar-refractivity contribution in [1.29, 1.82) is 0 Å². The molecule has 1 aromatic carbocycles. The Morgan fingerprint density at radius 2 is 1.61 bits per heavy atom. The molecule has 0 aliphatic carbocycles. The number of benzene rings is 1. The summed E-state index contributed by atoms with van der Waals surface area (Å²) >= 11 is 0. The van der Waals surface area contributed by atoms with Crippen LogP contribution in [-0.2, 0) is 21.7 Å². The number of hydrogen-bond donors (Lipinski definition) is 0. The van der Waals surface area contributed by atoms with E-state index in [-0.39, 0.29) is 24.2 Å². The molecule has 0 radical (unpaired) electrons. The number of hydrogen-bond acceptors (Lipinski definition) is 2. The molecule has 1 saturated heterocycles. The summed E-state index contributed by atoms with van der Waals surface area (Å²) in [6.07, 6.45) is -7.67. The van der Waals surface area contributed by atoms with E-state index in [1.54, 1.807) is 0 Å². The third kappa shape index (κ3) is 4.63. The maximum atomic E-state index is 12.8. The van der Waals surface area contributed by atoms with Crippen LogP contribution in [-0.4, -0.2) is 19.8 Å². The molecule has 128 valence electrons. The summed E-state index contributed by atoms with van der Waals surface area (Å²) < 4.78 is 87.6. The van der Waals surface area contributed by atoms with Crippen molar-refractivity contribution >= 4 is 12.6 Å². The van der Waals surface area contributed by atoms with E-state index in [9.17, 15) is 26.3 Å². The van der Waals surface area contributed by atoms with E-state index in [4.69, 9.17) is 9.31 Å². The van der Waals surface area contributed by atoms with Crippen molar-refractivity contribution in [2.75, 3.05) is 6.61 Å². The predicted octanol–water partition coefficient (Wildman–Crippen LogP) is 4.03. The molecule has 1 aliphatic heterocycles. The zero-order chi connectivity index (χ0) is 17.3. The highest BCUT2D eigenvalue weighted by atomic mass is 19.4. The second kappa shape index (κ2) is 6.72. The lowest BCUT2D eigenvalue weighted by atomic mass is 9.77. The summed E-state index contributed by atoms with van der Waals surface area (Å²) in [7, 11) is -1.21. The van der Waals surface area contributed by atoms with Gasteiger partial charge in [0, 0.05) is 0 Å². The molecule has 1 unspecified atom stereocenters. The second-order valence-corrected chi connectivity index (χ2v) is 5.40. The lowest BCUT2D eigenvalue weighted by Gasteiger charge is -2.15. The van der Waals surface area contributed by atoms with Gasteiger partial charge in [-0.25, -0.2) is 0 Å². The summed E-state index contributed by atoms with van der Waals surface area (Å²) in [5.74, 6) is 0. The van der Waals surface area contributed by atoms with E-state index in [1.807, 2.05) is 6.92 Å². The molecule has 0 spiro atoms. The highest BCUT2D eigenvalue weighted by molar-refractivity contribution is 6.61. The van der Waals surface area contributed by atoms with Gasteiger partial charge in [0.15, 0.2) is 0 Å². The Balaban J connectivity index is 2.28. The molecule has 1 heterocycles. The van der Waals surface area contributed by atoms with E-state index in [0.717, 1.165) is 12.8 Å². The number of rotatable bonds is 4. The predicted molar refractivity (Wildman–Crippen MR) is 72.2 cm³/mol. The molecular formula is C14H15BF6O2. The highest BCUT2D eigenvalue weighted by Gasteiger charge is 2.40. The standard InChI is InChI=1S/C14H15BF6O2/c1-2-3-4-12-8-22-15(23-12)11-6-9(13(16,17)18)5-10(7-11)14(19,20)21/h5-7,12H,2-4,8H2,1H3. The minimum absolute atomic E-state index is 0.0903. The molecule has 2 rings (SSSR count). The molecule has 1 aliphatic rings. The molecule has 1 atom stereocenters. The molecule has 0 bridgehead atoms. The van der Waals surface area contributed by atoms with Gasteiger partial charge >= 0.3 is 19.5 Å². The second-order valence-electron chi connectivity index (χ2n) is 5.40. The van der Waals surface area contributed by atoms with Crippen molar-refractivity contribution in [3.05, 3.63) is 29.3 Å². The molecule has 9 heteroatoms. The third-order valence-electron chi connectivity index (χ3n) is 3.51. The summed E-state index contributed by atoms with van der Waals surface area (Å²) in [5.41, 5.74) is -3.01. The van der Waals surface area contributed by atoms with Crippen LogP contribution < -0.4 is 5.46 Å². The maximum absolute atomic E-state index is 12.8. The number of unbranched alkanes of at least 4 members (excludes halogenated alkanes) is 1. The van der Waals surface area contributed by atoms with Crippen molar-refractivity contribution in [3.63, 3.8) is 0 Å². The van der Waals surface area contributed by atoms with Gasteiger partial charge in [0.2, 0.25) is 0 Å². The van der Waals surface area contributed by atoms with E-state index < -0.39 is 30.6 Å². The van der Waals surface area contributed by atoms with Gasteiger partial charge < -0.3 is 9.31 Å². The van der Waals surface area contributed by atoms with Crippen molar-refractivity contribution in [2.45, 2.75) is 44.6 Å². The summed E-state index contributed by atoms with van der Waals surface area (Å²) in [5, 5.41) is 0. The van der Waals surface area contributed by atoms with Crippen LogP contribution in [0.1, 0.15) is 37.3 Å². The fraction of sp³-hybridized carbons (Fsp3) is 0.571. The fourth-order valence-corrected chi connectivity index (χ4v) is 2.32. The Morgan fingerprint density at radius 3 is 2.09 bits per heavy atom. The zero-order valence-electron chi connectivity index (χ0n) is 12.3. The van der Waals surface area contributed by atoms with Crippen LogP contribution in [0.2, 0.25) is 0 Å². The van der Waals surface area contributed by atoms with Crippen molar-refractivity contribution in [1.82, 2.24) is 0 Å². The quantitative estimate of drug-likeness (QED) is 0.609. The van der Waals surface area contributed by atoms with Gasteiger partial charge in [-0.3, -0.25) is 0 Å². The molecule has 23 heavy (non-hydrogen) atoms. The van der Waals surface area contributed by atoms with Crippen LogP contribution >= 0.6 is 0 Å². The van der Waals surface area contributed by atoms with E-state index in [0.29, 0.717) is 18.6 Å². The smallest absolute Gasteiger partial charge is 0.405 e. The monoisotopic (exact) mass is 340 g/mol. The van der Waals surface area contributed by atoms with Crippen LogP contribution in [0.4, 0.5) is 26.3 Å². The number of halogens is 6. The SMILES string of the molecule is CCCCC1COB(c2cc(C(F)(F)F)cc(C(F)(F)F)c2)O1. The molecule has 1 fully saturated rings. The normalized spacial score (nSPS) is 19.4. The Bertz CT molecular complexity index is 511. The maximum Gasteiger partial charge on any atom is 0.494 e. The third-order valence-corrected chi connectivity index (χ3v) is 3.51. The Labute approximate surface area is 129 Å². The fourth-order valence-electron chi connectivity index (χ4n) is 2.32. The molecule has 0 amide bonds. The first kappa shape index (κ1) is 18.1. The van der Waals surface area contributed by atoms with Crippen LogP contribution in [0.15, 0.2) is 18.2 Å². The number of alkyl halides is 6. The molecule has 0 N–H and O–H groups in total. The van der Waals surface area contributed by atoms with Crippen LogP contribution in [0.5, 0.6) is 0 Å². The zero-order valence-corrected chi connectivity index (χ0v) is 12.3. The van der Waals surface area contributed by atoms with Crippen LogP contribution in [0.25, 0.3) is 0 Å². The van der Waals surface area contributed by atoms with Crippen molar-refractivity contribution < 1.29 is 35.7 Å². The highest BCUT2D eigenvalue weighted by Crippen LogP contribution is 2.35. The molecule has 0 aromatic heterocycles. The molecule has 1 aromatic rings. The van der Waals surface area contributed by atoms with Gasteiger partial charge in [-0.1, -0.05) is 31.9 Å². The summed E-state index contributed by atoms with van der Waals surface area (Å²) in [4.78, 5) is 0. The lowest BCUT2D eigenvalue weighted by molar-refractivity contribution is -0.142. The molecular weight excluding hydrogens is 325 g/mol. The van der Waals surface area contributed by atoms with E-state index >= 15 is 0 Å². The first-order valence-corrected chi connectivity index (χ1v) is 7.17. The first-order chi connectivity index (χ1) is 10.6. The van der Waals surface area contributed by atoms with Gasteiger partial charge in [0.25, 0.3) is 0 Å². The topological polar surface area (TPSA) is 18.5 Å². The minimum atomic E-state index is -4.88. The van der Waals surface area contributed by atoms with E-state index in [2.05, 4.69) is 0 Å². The molecule has 0 saturated carbocycles. The Kier molecular flexibility index (Phi) is 5.30. The van der Waals surface area contributed by atoms with Crippen LogP contribution in [0.3, 0.4) is 0 Å². The Hall–Kier alpha value is -1.22. The van der Waals surface area contributed by atoms with Gasteiger partial charge in [-0.05, 0) is 17.9 Å². The minimum Gasteiger partial charge on any atom is -0.405 e. The van der Waals surface area contributed by atoms with Crippen molar-refractivity contribution in [2.24, 2.45) is 0 Å². The lowest BCUT2D eigenvalue weighted by Crippen LogP contribution is -2.34. The van der Waals surface area contributed by atoms with Gasteiger partial charge in [0.05, 0.1) is 23.8 Å². The summed E-state index contributed by atoms with van der Waals surface area (Å²) in [6.45, 7) is 2.12. The van der Waals surface area contributed by atoms with Gasteiger partial charge in [-0.15, -0.1) is 0 Å². The van der Waals surface area contributed by atoms with Crippen LogP contribution in [0, 0.1) is 0 Å². The molecule has 2 nitrogen and oxygen atoms in total. The van der Waals surface area contributed by atoms with Crippen molar-refractivity contribution in [3.8, 4) is 0 Å². The average molecular weight is 340 g/mol. The average Bonchev–Trinajstić information content (AvgIpc) is 2.91. The first-order valence-electron chi connectivity index (χ1n) is 7.17. The van der Waals surface area contributed by atoms with E-state index in [1.165, 1.54) is 0 Å². The van der Waals surface area contributed by atoms with Gasteiger partial charge in [0.1, 0.15) is 0 Å². The Morgan fingerprint density at radius 1 is 1.04 bits per heavy atom.